The Morgan fingerprint density at radius 1 is 1.19 bits per heavy atom. The lowest BCUT2D eigenvalue weighted by Crippen LogP contribution is -2.47. The van der Waals surface area contributed by atoms with Crippen molar-refractivity contribution < 1.29 is 4.79 Å². The van der Waals surface area contributed by atoms with Gasteiger partial charge in [0.25, 0.3) is 0 Å². The lowest BCUT2D eigenvalue weighted by Gasteiger charge is -2.35. The quantitative estimate of drug-likeness (QED) is 0.838. The van der Waals surface area contributed by atoms with Gasteiger partial charge in [0, 0.05) is 11.7 Å². The Morgan fingerprint density at radius 3 is 2.48 bits per heavy atom. The fourth-order valence-electron chi connectivity index (χ4n) is 3.67. The van der Waals surface area contributed by atoms with Crippen molar-refractivity contribution in [3.05, 3.63) is 29.8 Å². The smallest absolute Gasteiger partial charge is 0.230 e. The number of nitrogens with two attached hydrogens (primary N) is 1. The highest BCUT2D eigenvalue weighted by Crippen LogP contribution is 2.49. The molecule has 1 aromatic rings. The number of nitrogens with one attached hydrogen (secondary N) is 1. The zero-order valence-corrected chi connectivity index (χ0v) is 13.1. The van der Waals surface area contributed by atoms with Gasteiger partial charge in [0.1, 0.15) is 0 Å². The third-order valence-corrected chi connectivity index (χ3v) is 5.67. The lowest BCUT2D eigenvalue weighted by molar-refractivity contribution is -0.125. The van der Waals surface area contributed by atoms with Crippen LogP contribution in [0.25, 0.3) is 0 Å². The van der Waals surface area contributed by atoms with Crippen LogP contribution in [-0.4, -0.2) is 11.9 Å². The van der Waals surface area contributed by atoms with E-state index in [2.05, 4.69) is 19.2 Å². The third-order valence-electron chi connectivity index (χ3n) is 5.67. The van der Waals surface area contributed by atoms with Gasteiger partial charge in [0.05, 0.1) is 5.41 Å². The van der Waals surface area contributed by atoms with Crippen LogP contribution in [0.15, 0.2) is 24.3 Å². The van der Waals surface area contributed by atoms with Gasteiger partial charge in [0.15, 0.2) is 0 Å². The average Bonchev–Trinajstić information content (AvgIpc) is 3.26. The van der Waals surface area contributed by atoms with E-state index in [4.69, 9.17) is 5.73 Å². The Kier molecular flexibility index (Phi) is 3.68. The maximum Gasteiger partial charge on any atom is 0.230 e. The van der Waals surface area contributed by atoms with E-state index in [1.54, 1.807) is 0 Å². The molecular formula is C18H26N2O. The number of carbonyl (C=O) groups excluding carboxylic acids is 1. The molecule has 114 valence electrons. The van der Waals surface area contributed by atoms with Crippen molar-refractivity contribution in [1.29, 1.82) is 0 Å². The van der Waals surface area contributed by atoms with Crippen molar-refractivity contribution in [2.75, 3.05) is 5.73 Å². The first-order valence-corrected chi connectivity index (χ1v) is 8.20. The molecular weight excluding hydrogens is 260 g/mol. The summed E-state index contributed by atoms with van der Waals surface area (Å²) in [4.78, 5) is 12.8. The van der Waals surface area contributed by atoms with Crippen molar-refractivity contribution >= 4 is 11.6 Å². The van der Waals surface area contributed by atoms with Crippen LogP contribution in [0.3, 0.4) is 0 Å². The molecule has 3 N–H and O–H groups in total. The third kappa shape index (κ3) is 2.66. The normalized spacial score (nSPS) is 30.7. The molecule has 0 heterocycles. The van der Waals surface area contributed by atoms with Crippen molar-refractivity contribution in [3.63, 3.8) is 0 Å². The van der Waals surface area contributed by atoms with Gasteiger partial charge < -0.3 is 11.1 Å². The molecule has 3 unspecified atom stereocenters. The minimum atomic E-state index is -0.284. The number of hydrogen-bond acceptors (Lipinski definition) is 2. The van der Waals surface area contributed by atoms with Crippen LogP contribution < -0.4 is 11.1 Å². The van der Waals surface area contributed by atoms with Gasteiger partial charge in [-0.15, -0.1) is 0 Å². The SMILES string of the molecule is CC1CCCC(NC(=O)C2(c3ccc(N)cc3)CC2)C1C. The van der Waals surface area contributed by atoms with Gasteiger partial charge in [-0.25, -0.2) is 0 Å². The molecule has 1 amide bonds. The maximum absolute atomic E-state index is 12.8. The second-order valence-corrected chi connectivity index (χ2v) is 7.05. The molecule has 3 rings (SSSR count). The molecule has 0 aromatic heterocycles. The van der Waals surface area contributed by atoms with Crippen molar-refractivity contribution in [2.24, 2.45) is 11.8 Å². The summed E-state index contributed by atoms with van der Waals surface area (Å²) < 4.78 is 0. The molecule has 3 nitrogen and oxygen atoms in total. The number of benzene rings is 1. The minimum absolute atomic E-state index is 0.221. The van der Waals surface area contributed by atoms with Gasteiger partial charge in [-0.1, -0.05) is 38.8 Å². The monoisotopic (exact) mass is 286 g/mol. The summed E-state index contributed by atoms with van der Waals surface area (Å²) in [6.45, 7) is 4.58. The average molecular weight is 286 g/mol. The molecule has 0 radical (unpaired) electrons. The van der Waals surface area contributed by atoms with E-state index in [0.29, 0.717) is 17.9 Å². The molecule has 3 atom stereocenters. The molecule has 0 bridgehead atoms. The Labute approximate surface area is 127 Å². The van der Waals surface area contributed by atoms with Crippen LogP contribution in [-0.2, 0) is 10.2 Å². The van der Waals surface area contributed by atoms with Crippen LogP contribution in [0.4, 0.5) is 5.69 Å². The Hall–Kier alpha value is -1.51. The van der Waals surface area contributed by atoms with Gasteiger partial charge in [-0.2, -0.15) is 0 Å². The van der Waals surface area contributed by atoms with Crippen molar-refractivity contribution in [3.8, 4) is 0 Å². The topological polar surface area (TPSA) is 55.1 Å². The lowest BCUT2D eigenvalue weighted by atomic mass is 9.77. The van der Waals surface area contributed by atoms with Crippen LogP contribution in [0.1, 0.15) is 51.5 Å². The molecule has 21 heavy (non-hydrogen) atoms. The first kappa shape index (κ1) is 14.4. The molecule has 0 spiro atoms. The van der Waals surface area contributed by atoms with E-state index in [0.717, 1.165) is 30.5 Å². The van der Waals surface area contributed by atoms with Crippen LogP contribution in [0.2, 0.25) is 0 Å². The Morgan fingerprint density at radius 2 is 1.86 bits per heavy atom. The fourth-order valence-corrected chi connectivity index (χ4v) is 3.67. The molecule has 2 fully saturated rings. The van der Waals surface area contributed by atoms with Gasteiger partial charge in [-0.05, 0) is 48.8 Å². The van der Waals surface area contributed by atoms with Gasteiger partial charge in [0.2, 0.25) is 5.91 Å². The van der Waals surface area contributed by atoms with Gasteiger partial charge >= 0.3 is 0 Å². The molecule has 2 saturated carbocycles. The fraction of sp³-hybridized carbons (Fsp3) is 0.611. The van der Waals surface area contributed by atoms with E-state index in [9.17, 15) is 4.79 Å². The minimum Gasteiger partial charge on any atom is -0.399 e. The van der Waals surface area contributed by atoms with E-state index in [-0.39, 0.29) is 11.3 Å². The van der Waals surface area contributed by atoms with E-state index in [1.165, 1.54) is 12.8 Å². The van der Waals surface area contributed by atoms with Gasteiger partial charge in [-0.3, -0.25) is 4.79 Å². The summed E-state index contributed by atoms with van der Waals surface area (Å²) in [5.41, 5.74) is 7.34. The number of hydrogen-bond donors (Lipinski definition) is 2. The second kappa shape index (κ2) is 5.36. The largest absolute Gasteiger partial charge is 0.399 e. The highest BCUT2D eigenvalue weighted by Gasteiger charge is 2.51. The summed E-state index contributed by atoms with van der Waals surface area (Å²) in [6.07, 6.45) is 5.55. The predicted molar refractivity (Wildman–Crippen MR) is 85.9 cm³/mol. The molecule has 2 aliphatic rings. The van der Waals surface area contributed by atoms with Crippen LogP contribution in [0.5, 0.6) is 0 Å². The molecule has 2 aliphatic carbocycles. The molecule has 1 aromatic carbocycles. The molecule has 0 saturated heterocycles. The number of carbonyl (C=O) groups is 1. The summed E-state index contributed by atoms with van der Waals surface area (Å²) in [6, 6.07) is 8.15. The van der Waals surface area contributed by atoms with Crippen LogP contribution >= 0.6 is 0 Å². The predicted octanol–water partition coefficient (Wildman–Crippen LogP) is 3.24. The second-order valence-electron chi connectivity index (χ2n) is 7.05. The first-order valence-electron chi connectivity index (χ1n) is 8.20. The summed E-state index contributed by atoms with van der Waals surface area (Å²) in [5.74, 6) is 1.50. The first-order chi connectivity index (χ1) is 10.0. The highest BCUT2D eigenvalue weighted by molar-refractivity contribution is 5.91. The van der Waals surface area contributed by atoms with Crippen molar-refractivity contribution in [2.45, 2.75) is 57.4 Å². The summed E-state index contributed by atoms with van der Waals surface area (Å²) in [7, 11) is 0. The number of nitrogen functional groups attached to an aromatic ring is 1. The zero-order chi connectivity index (χ0) is 15.0. The highest BCUT2D eigenvalue weighted by atomic mass is 16.2. The number of rotatable bonds is 3. The number of amides is 1. The van der Waals surface area contributed by atoms with E-state index < -0.39 is 0 Å². The molecule has 3 heteroatoms. The zero-order valence-electron chi connectivity index (χ0n) is 13.1. The molecule has 0 aliphatic heterocycles. The van der Waals surface area contributed by atoms with E-state index in [1.807, 2.05) is 24.3 Å². The summed E-state index contributed by atoms with van der Waals surface area (Å²) in [5, 5.41) is 3.34. The van der Waals surface area contributed by atoms with Crippen molar-refractivity contribution in [1.82, 2.24) is 5.32 Å². The van der Waals surface area contributed by atoms with E-state index >= 15 is 0 Å². The maximum atomic E-state index is 12.8. The summed E-state index contributed by atoms with van der Waals surface area (Å²) >= 11 is 0. The Balaban J connectivity index is 1.71. The number of anilines is 1. The Bertz CT molecular complexity index is 519. The standard InChI is InChI=1S/C18H26N2O/c1-12-4-3-5-16(13(12)2)20-17(21)18(10-11-18)14-6-8-15(19)9-7-14/h6-9,12-13,16H,3-5,10-11,19H2,1-2H3,(H,20,21). The van der Waals surface area contributed by atoms with Crippen LogP contribution in [0, 0.1) is 11.8 Å².